The molecule has 1 heterocycles. The van der Waals surface area contributed by atoms with Gasteiger partial charge in [-0.1, -0.05) is 32.0 Å². The van der Waals surface area contributed by atoms with Crippen molar-refractivity contribution in [3.05, 3.63) is 71.8 Å². The van der Waals surface area contributed by atoms with Crippen LogP contribution in [0.15, 0.2) is 59.5 Å². The van der Waals surface area contributed by atoms with Gasteiger partial charge in [0.25, 0.3) is 0 Å². The summed E-state index contributed by atoms with van der Waals surface area (Å²) in [5, 5.41) is 9.50. The smallest absolute Gasteiger partial charge is 0.338 e. The molecule has 0 amide bonds. The Morgan fingerprint density at radius 3 is 2.41 bits per heavy atom. The van der Waals surface area contributed by atoms with Crippen molar-refractivity contribution in [2.75, 3.05) is 18.5 Å². The first-order chi connectivity index (χ1) is 18.5. The highest BCUT2D eigenvalue weighted by Crippen LogP contribution is 2.46. The van der Waals surface area contributed by atoms with Crippen LogP contribution in [0.1, 0.15) is 43.5 Å². The van der Waals surface area contributed by atoms with Crippen LogP contribution >= 0.6 is 0 Å². The average molecular weight is 557 g/mol. The second-order valence-corrected chi connectivity index (χ2v) is 12.5. The number of halogens is 2. The zero-order valence-electron chi connectivity index (χ0n) is 21.9. The first-order valence-electron chi connectivity index (χ1n) is 12.9. The summed E-state index contributed by atoms with van der Waals surface area (Å²) in [4.78, 5) is 13.8. The third-order valence-corrected chi connectivity index (χ3v) is 9.18. The van der Waals surface area contributed by atoms with Crippen molar-refractivity contribution in [2.24, 2.45) is 5.92 Å². The number of hydrogen-bond donors (Lipinski definition) is 1. The van der Waals surface area contributed by atoms with E-state index in [1.54, 1.807) is 19.2 Å². The number of anilines is 1. The SMILES string of the molecule is CC(C)C[C@@H]1CN(C2CC2)c2cc(Oc3ccccc3F)c(-c3ccc(F)c(C(=O)O)c3)cc2S(=O)(=O)N1C. The Morgan fingerprint density at radius 2 is 1.77 bits per heavy atom. The third-order valence-electron chi connectivity index (χ3n) is 7.24. The maximum Gasteiger partial charge on any atom is 0.338 e. The molecule has 7 nitrogen and oxygen atoms in total. The molecule has 3 aromatic carbocycles. The Morgan fingerprint density at radius 1 is 1.05 bits per heavy atom. The van der Waals surface area contributed by atoms with Gasteiger partial charge in [0.05, 0.1) is 11.3 Å². The Bertz CT molecular complexity index is 1540. The first kappa shape index (κ1) is 27.1. The summed E-state index contributed by atoms with van der Waals surface area (Å²) in [5.41, 5.74) is 0.304. The normalized spacial score (nSPS) is 19.0. The number of para-hydroxylation sites is 1. The number of carboxylic acids is 1. The quantitative estimate of drug-likeness (QED) is 0.376. The molecule has 1 atom stereocenters. The lowest BCUT2D eigenvalue weighted by molar-refractivity contribution is 0.0692. The van der Waals surface area contributed by atoms with E-state index < -0.39 is 33.2 Å². The lowest BCUT2D eigenvalue weighted by atomic mass is 10.00. The van der Waals surface area contributed by atoms with Gasteiger partial charge in [0.2, 0.25) is 10.0 Å². The molecule has 0 radical (unpaired) electrons. The maximum absolute atomic E-state index is 14.6. The van der Waals surface area contributed by atoms with Gasteiger partial charge in [-0.15, -0.1) is 0 Å². The minimum absolute atomic E-state index is 0.0419. The van der Waals surface area contributed by atoms with Crippen LogP contribution in [-0.4, -0.2) is 49.5 Å². The van der Waals surface area contributed by atoms with Crippen molar-refractivity contribution in [2.45, 2.75) is 50.1 Å². The van der Waals surface area contributed by atoms with Crippen LogP contribution in [0.25, 0.3) is 11.1 Å². The molecular formula is C29H30F2N2O5S. The van der Waals surface area contributed by atoms with E-state index in [4.69, 9.17) is 4.74 Å². The minimum atomic E-state index is -3.98. The van der Waals surface area contributed by atoms with Crippen molar-refractivity contribution < 1.29 is 31.8 Å². The molecule has 3 aromatic rings. The fourth-order valence-electron chi connectivity index (χ4n) is 5.08. The molecule has 1 aliphatic carbocycles. The second kappa shape index (κ2) is 10.2. The average Bonchev–Trinajstić information content (AvgIpc) is 3.72. The lowest BCUT2D eigenvalue weighted by Crippen LogP contribution is -2.43. The van der Waals surface area contributed by atoms with Crippen LogP contribution in [0.5, 0.6) is 11.5 Å². The standard InChI is InChI=1S/C29H30F2N2O5S/c1-17(2)12-20-16-33(19-9-10-19)25-15-27(38-26-7-5-4-6-24(26)31)21(14-28(25)39(36,37)32(20)3)18-8-11-23(30)22(13-18)29(34)35/h4-8,11,13-15,17,19-20H,9-10,12,16H2,1-3H3,(H,34,35)/t20-/m1/s1. The Labute approximate surface area is 226 Å². The maximum atomic E-state index is 14.6. The van der Waals surface area contributed by atoms with Crippen LogP contribution in [0.4, 0.5) is 14.5 Å². The van der Waals surface area contributed by atoms with E-state index in [9.17, 15) is 27.1 Å². The van der Waals surface area contributed by atoms with Crippen LogP contribution in [-0.2, 0) is 10.0 Å². The van der Waals surface area contributed by atoms with Crippen molar-refractivity contribution >= 4 is 21.7 Å². The van der Waals surface area contributed by atoms with Gasteiger partial charge >= 0.3 is 5.97 Å². The minimum Gasteiger partial charge on any atom is -0.478 e. The number of fused-ring (bicyclic) bond motifs is 1. The van der Waals surface area contributed by atoms with Crippen LogP contribution in [0, 0.1) is 17.6 Å². The van der Waals surface area contributed by atoms with Crippen molar-refractivity contribution in [1.29, 1.82) is 0 Å². The number of sulfonamides is 1. The number of ether oxygens (including phenoxy) is 1. The molecule has 0 saturated heterocycles. The molecule has 0 spiro atoms. The Kier molecular flexibility index (Phi) is 7.11. The van der Waals surface area contributed by atoms with Gasteiger partial charge in [-0.3, -0.25) is 0 Å². The van der Waals surface area contributed by atoms with Gasteiger partial charge in [0.15, 0.2) is 11.6 Å². The van der Waals surface area contributed by atoms with E-state index in [-0.39, 0.29) is 45.5 Å². The molecule has 1 saturated carbocycles. The van der Waals surface area contributed by atoms with Gasteiger partial charge < -0.3 is 14.7 Å². The molecule has 1 N–H and O–H groups in total. The molecule has 10 heteroatoms. The predicted octanol–water partition coefficient (Wildman–Crippen LogP) is 6.14. The largest absolute Gasteiger partial charge is 0.478 e. The number of carboxylic acid groups (broad SMARTS) is 1. The number of benzene rings is 3. The molecule has 206 valence electrons. The van der Waals surface area contributed by atoms with E-state index in [0.717, 1.165) is 25.0 Å². The molecule has 0 unspecified atom stereocenters. The zero-order valence-corrected chi connectivity index (χ0v) is 22.7. The highest BCUT2D eigenvalue weighted by Gasteiger charge is 2.42. The molecule has 1 fully saturated rings. The second-order valence-electron chi connectivity index (χ2n) is 10.5. The van der Waals surface area contributed by atoms with Crippen LogP contribution < -0.4 is 9.64 Å². The number of nitrogens with zero attached hydrogens (tertiary/aromatic N) is 2. The van der Waals surface area contributed by atoms with E-state index >= 15 is 0 Å². The molecule has 2 aliphatic rings. The van der Waals surface area contributed by atoms with E-state index in [0.29, 0.717) is 18.7 Å². The summed E-state index contributed by atoms with van der Waals surface area (Å²) >= 11 is 0. The van der Waals surface area contributed by atoms with Gasteiger partial charge in [-0.25, -0.2) is 22.0 Å². The summed E-state index contributed by atoms with van der Waals surface area (Å²) in [6.45, 7) is 4.59. The number of rotatable bonds is 7. The van der Waals surface area contributed by atoms with Gasteiger partial charge in [-0.05, 0) is 61.1 Å². The third kappa shape index (κ3) is 5.23. The predicted molar refractivity (Wildman–Crippen MR) is 144 cm³/mol. The van der Waals surface area contributed by atoms with Gasteiger partial charge in [0, 0.05) is 37.3 Å². The Balaban J connectivity index is 1.76. The molecule has 5 rings (SSSR count). The molecule has 39 heavy (non-hydrogen) atoms. The molecule has 1 aliphatic heterocycles. The summed E-state index contributed by atoms with van der Waals surface area (Å²) < 4.78 is 64.3. The van der Waals surface area contributed by atoms with E-state index in [1.165, 1.54) is 34.6 Å². The highest BCUT2D eigenvalue weighted by molar-refractivity contribution is 7.89. The topological polar surface area (TPSA) is 87.1 Å². The van der Waals surface area contributed by atoms with Crippen LogP contribution in [0.3, 0.4) is 0 Å². The highest BCUT2D eigenvalue weighted by atomic mass is 32.2. The monoisotopic (exact) mass is 556 g/mol. The summed E-state index contributed by atoms with van der Waals surface area (Å²) in [6.07, 6.45) is 2.50. The first-order valence-corrected chi connectivity index (χ1v) is 14.3. The van der Waals surface area contributed by atoms with E-state index in [2.05, 4.69) is 4.90 Å². The summed E-state index contributed by atoms with van der Waals surface area (Å²) in [6, 6.07) is 12.2. The summed E-state index contributed by atoms with van der Waals surface area (Å²) in [7, 11) is -2.41. The fourth-order valence-corrected chi connectivity index (χ4v) is 6.65. The fraction of sp³-hybridized carbons (Fsp3) is 0.345. The molecular weight excluding hydrogens is 526 g/mol. The number of hydrogen-bond acceptors (Lipinski definition) is 5. The lowest BCUT2D eigenvalue weighted by Gasteiger charge is -2.30. The van der Waals surface area contributed by atoms with Crippen molar-refractivity contribution in [1.82, 2.24) is 4.31 Å². The number of aromatic carboxylic acids is 1. The van der Waals surface area contributed by atoms with Gasteiger partial charge in [-0.2, -0.15) is 4.31 Å². The van der Waals surface area contributed by atoms with Crippen molar-refractivity contribution in [3.63, 3.8) is 0 Å². The van der Waals surface area contributed by atoms with Crippen LogP contribution in [0.2, 0.25) is 0 Å². The zero-order chi connectivity index (χ0) is 28.1. The number of likely N-dealkylation sites (N-methyl/N-ethyl adjacent to an activating group) is 1. The summed E-state index contributed by atoms with van der Waals surface area (Å²) in [5.74, 6) is -2.70. The molecule has 0 bridgehead atoms. The van der Waals surface area contributed by atoms with Gasteiger partial charge in [0.1, 0.15) is 16.5 Å². The Hall–Kier alpha value is -3.50. The number of carbonyl (C=O) groups is 1. The van der Waals surface area contributed by atoms with Crippen molar-refractivity contribution in [3.8, 4) is 22.6 Å². The molecule has 0 aromatic heterocycles. The van der Waals surface area contributed by atoms with E-state index in [1.807, 2.05) is 13.8 Å².